The quantitative estimate of drug-likeness (QED) is 0.377. The second-order valence-electron chi connectivity index (χ2n) is 7.80. The number of sulfonamides is 1. The summed E-state index contributed by atoms with van der Waals surface area (Å²) in [5, 5.41) is 10.8. The number of hydrogen-bond acceptors (Lipinski definition) is 4. The lowest BCUT2D eigenvalue weighted by Gasteiger charge is -2.32. The van der Waals surface area contributed by atoms with Crippen LogP contribution in [0.3, 0.4) is 0 Å². The van der Waals surface area contributed by atoms with Crippen molar-refractivity contribution in [3.05, 3.63) is 34.9 Å². The summed E-state index contributed by atoms with van der Waals surface area (Å²) in [6.07, 6.45) is 8.32. The molecule has 1 aliphatic rings. The van der Waals surface area contributed by atoms with Crippen LogP contribution in [0.4, 0.5) is 0 Å². The number of rotatable bonds is 8. The average molecular weight is 420 g/mol. The number of unbranched alkanes of at least 4 members (excludes halogenated alkanes) is 1. The Morgan fingerprint density at radius 3 is 2.72 bits per heavy atom. The van der Waals surface area contributed by atoms with E-state index in [1.54, 1.807) is 13.2 Å². The summed E-state index contributed by atoms with van der Waals surface area (Å²) in [6, 6.07) is 3.79. The first kappa shape index (κ1) is 23.3. The van der Waals surface area contributed by atoms with Crippen LogP contribution in [0.15, 0.2) is 23.8 Å². The Morgan fingerprint density at radius 1 is 1.31 bits per heavy atom. The molecular formula is C23H33NO4S. The number of ether oxygens (including phenoxy) is 1. The molecule has 0 bridgehead atoms. The van der Waals surface area contributed by atoms with Gasteiger partial charge in [-0.3, -0.25) is 0 Å². The van der Waals surface area contributed by atoms with Crippen LogP contribution in [0, 0.1) is 17.8 Å². The highest BCUT2D eigenvalue weighted by atomic mass is 32.2. The van der Waals surface area contributed by atoms with Gasteiger partial charge in [-0.25, -0.2) is 13.1 Å². The monoisotopic (exact) mass is 419 g/mol. The van der Waals surface area contributed by atoms with Gasteiger partial charge in [-0.2, -0.15) is 0 Å². The van der Waals surface area contributed by atoms with Crippen molar-refractivity contribution >= 4 is 10.0 Å². The standard InChI is InChI=1S/C23H33NO4S/c1-5-19-12-11-17(2)14-20(19)23-21(25)15-18(16-22(23)28-3)10-8-6-7-9-13-24-29(4,26)27/h11,15-16,19-20,24-25H,5,7,9-10,12-14H2,1-4H3/t19-,20-/m1/s1. The molecule has 29 heavy (non-hydrogen) atoms. The fourth-order valence-corrected chi connectivity index (χ4v) is 4.42. The van der Waals surface area contributed by atoms with Crippen LogP contribution >= 0.6 is 0 Å². The van der Waals surface area contributed by atoms with Gasteiger partial charge in [0.05, 0.1) is 13.4 Å². The molecule has 1 aliphatic carbocycles. The lowest BCUT2D eigenvalue weighted by atomic mass is 9.74. The van der Waals surface area contributed by atoms with Crippen LogP contribution < -0.4 is 9.46 Å². The Hall–Kier alpha value is -1.97. The predicted molar refractivity (Wildman–Crippen MR) is 118 cm³/mol. The molecule has 0 heterocycles. The molecule has 5 nitrogen and oxygen atoms in total. The highest BCUT2D eigenvalue weighted by Gasteiger charge is 2.29. The van der Waals surface area contributed by atoms with Gasteiger partial charge in [0.2, 0.25) is 10.0 Å². The molecule has 1 aromatic carbocycles. The average Bonchev–Trinajstić information content (AvgIpc) is 2.65. The lowest BCUT2D eigenvalue weighted by Crippen LogP contribution is -2.22. The van der Waals surface area contributed by atoms with Crippen molar-refractivity contribution in [1.29, 1.82) is 0 Å². The molecule has 0 fully saturated rings. The van der Waals surface area contributed by atoms with E-state index in [0.29, 0.717) is 31.7 Å². The first-order chi connectivity index (χ1) is 13.7. The van der Waals surface area contributed by atoms with Gasteiger partial charge in [-0.05, 0) is 55.7 Å². The molecule has 0 unspecified atom stereocenters. The summed E-state index contributed by atoms with van der Waals surface area (Å²) >= 11 is 0. The van der Waals surface area contributed by atoms with Gasteiger partial charge in [0.1, 0.15) is 11.5 Å². The number of phenolic OH excluding ortho intramolecular Hbond substituents is 1. The van der Waals surface area contributed by atoms with E-state index in [4.69, 9.17) is 4.74 Å². The van der Waals surface area contributed by atoms with Gasteiger partial charge in [0.15, 0.2) is 0 Å². The maximum Gasteiger partial charge on any atom is 0.208 e. The summed E-state index contributed by atoms with van der Waals surface area (Å²) in [4.78, 5) is 0. The summed E-state index contributed by atoms with van der Waals surface area (Å²) in [5.74, 6) is 7.96. The lowest BCUT2D eigenvalue weighted by molar-refractivity contribution is 0.347. The molecule has 2 rings (SSSR count). The number of benzene rings is 1. The third kappa shape index (κ3) is 7.09. The van der Waals surface area contributed by atoms with Gasteiger partial charge in [0, 0.05) is 24.9 Å². The molecule has 2 N–H and O–H groups in total. The molecule has 6 heteroatoms. The van der Waals surface area contributed by atoms with E-state index >= 15 is 0 Å². The van der Waals surface area contributed by atoms with E-state index in [1.807, 2.05) is 6.07 Å². The van der Waals surface area contributed by atoms with E-state index in [2.05, 4.69) is 36.5 Å². The van der Waals surface area contributed by atoms with Crippen LogP contribution in [-0.4, -0.2) is 33.4 Å². The fourth-order valence-electron chi connectivity index (χ4n) is 3.90. The van der Waals surface area contributed by atoms with Crippen molar-refractivity contribution in [3.8, 4) is 23.3 Å². The van der Waals surface area contributed by atoms with Crippen molar-refractivity contribution in [2.45, 2.75) is 58.3 Å². The minimum Gasteiger partial charge on any atom is -0.508 e. The molecule has 0 aliphatic heterocycles. The first-order valence-electron chi connectivity index (χ1n) is 10.2. The molecule has 0 spiro atoms. The van der Waals surface area contributed by atoms with Crippen molar-refractivity contribution in [1.82, 2.24) is 4.72 Å². The van der Waals surface area contributed by atoms with Crippen LogP contribution in [0.25, 0.3) is 0 Å². The Balaban J connectivity index is 2.07. The van der Waals surface area contributed by atoms with E-state index in [9.17, 15) is 13.5 Å². The van der Waals surface area contributed by atoms with Gasteiger partial charge in [0.25, 0.3) is 0 Å². The smallest absolute Gasteiger partial charge is 0.208 e. The van der Waals surface area contributed by atoms with Crippen molar-refractivity contribution < 1.29 is 18.3 Å². The number of phenols is 1. The van der Waals surface area contributed by atoms with Crippen molar-refractivity contribution in [2.75, 3.05) is 19.9 Å². The fraction of sp³-hybridized carbons (Fsp3) is 0.565. The van der Waals surface area contributed by atoms with Gasteiger partial charge in [-0.15, -0.1) is 5.92 Å². The second-order valence-corrected chi connectivity index (χ2v) is 9.63. The predicted octanol–water partition coefficient (Wildman–Crippen LogP) is 4.13. The molecule has 0 aromatic heterocycles. The molecular weight excluding hydrogens is 386 g/mol. The van der Waals surface area contributed by atoms with Gasteiger partial charge < -0.3 is 9.84 Å². The highest BCUT2D eigenvalue weighted by molar-refractivity contribution is 7.88. The summed E-state index contributed by atoms with van der Waals surface area (Å²) < 4.78 is 30.1. The molecule has 2 atom stereocenters. The third-order valence-corrected chi connectivity index (χ3v) is 6.16. The third-order valence-electron chi connectivity index (χ3n) is 5.44. The Labute approximate surface area is 175 Å². The molecule has 0 saturated carbocycles. The zero-order valence-corrected chi connectivity index (χ0v) is 18.7. The molecule has 0 saturated heterocycles. The number of aromatic hydroxyl groups is 1. The Morgan fingerprint density at radius 2 is 2.07 bits per heavy atom. The van der Waals surface area contributed by atoms with E-state index in [1.165, 1.54) is 5.57 Å². The zero-order valence-electron chi connectivity index (χ0n) is 17.9. The first-order valence-corrected chi connectivity index (χ1v) is 12.1. The maximum absolute atomic E-state index is 11.0. The van der Waals surface area contributed by atoms with E-state index < -0.39 is 10.0 Å². The summed E-state index contributed by atoms with van der Waals surface area (Å²) in [7, 11) is -1.49. The van der Waals surface area contributed by atoms with Gasteiger partial charge >= 0.3 is 0 Å². The number of allylic oxidation sites excluding steroid dienone is 2. The van der Waals surface area contributed by atoms with Crippen LogP contribution in [0.2, 0.25) is 0 Å². The molecule has 0 radical (unpaired) electrons. The Bertz CT molecular complexity index is 893. The van der Waals surface area contributed by atoms with E-state index in [-0.39, 0.29) is 11.7 Å². The largest absolute Gasteiger partial charge is 0.508 e. The number of nitrogens with one attached hydrogen (secondary N) is 1. The number of methoxy groups -OCH3 is 1. The molecule has 160 valence electrons. The summed E-state index contributed by atoms with van der Waals surface area (Å²) in [6.45, 7) is 4.74. The molecule has 0 amide bonds. The minimum atomic E-state index is -3.14. The summed E-state index contributed by atoms with van der Waals surface area (Å²) in [5.41, 5.74) is 3.19. The SMILES string of the molecule is CC[C@@H]1CC=C(C)C[C@H]1c1c(O)cc(CC#CCCCNS(C)(=O)=O)cc1OC. The van der Waals surface area contributed by atoms with Crippen LogP contribution in [0.5, 0.6) is 11.5 Å². The zero-order chi connectivity index (χ0) is 21.4. The topological polar surface area (TPSA) is 75.6 Å². The Kier molecular flexibility index (Phi) is 8.60. The number of hydrogen-bond donors (Lipinski definition) is 2. The maximum atomic E-state index is 11.0. The van der Waals surface area contributed by atoms with Crippen LogP contribution in [-0.2, 0) is 16.4 Å². The van der Waals surface area contributed by atoms with E-state index in [0.717, 1.165) is 42.4 Å². The van der Waals surface area contributed by atoms with Crippen molar-refractivity contribution in [3.63, 3.8) is 0 Å². The van der Waals surface area contributed by atoms with Crippen molar-refractivity contribution in [2.24, 2.45) is 5.92 Å². The highest BCUT2D eigenvalue weighted by Crippen LogP contribution is 2.46. The second kappa shape index (κ2) is 10.7. The van der Waals surface area contributed by atoms with Gasteiger partial charge in [-0.1, -0.05) is 30.9 Å². The normalized spacial score (nSPS) is 19.2. The molecule has 1 aromatic rings. The van der Waals surface area contributed by atoms with Crippen LogP contribution in [0.1, 0.15) is 63.0 Å². The minimum absolute atomic E-state index is 0.266.